The average Bonchev–Trinajstić information content (AvgIpc) is 2.92. The lowest BCUT2D eigenvalue weighted by atomic mass is 10.0. The van der Waals surface area contributed by atoms with Crippen LogP contribution in [-0.2, 0) is 17.6 Å². The molecule has 0 fully saturated rings. The lowest BCUT2D eigenvalue weighted by Crippen LogP contribution is -2.29. The molecule has 0 radical (unpaired) electrons. The van der Waals surface area contributed by atoms with E-state index < -0.39 is 6.10 Å². The van der Waals surface area contributed by atoms with E-state index in [0.717, 1.165) is 16.9 Å². The van der Waals surface area contributed by atoms with Gasteiger partial charge >= 0.3 is 0 Å². The quantitative estimate of drug-likeness (QED) is 0.162. The zero-order chi connectivity index (χ0) is 25.0. The first kappa shape index (κ1) is 24.9. The minimum Gasteiger partial charge on any atom is -0.494 e. The minimum atomic E-state index is -0.601. The summed E-state index contributed by atoms with van der Waals surface area (Å²) < 4.78 is 11.9. The Morgan fingerprint density at radius 2 is 1.17 bits per heavy atom. The fourth-order valence-electron chi connectivity index (χ4n) is 3.94. The van der Waals surface area contributed by atoms with Crippen molar-refractivity contribution in [2.45, 2.75) is 31.8 Å². The Labute approximate surface area is 212 Å². The van der Waals surface area contributed by atoms with Crippen LogP contribution >= 0.6 is 0 Å². The van der Waals surface area contributed by atoms with Crippen LogP contribution in [0.2, 0.25) is 0 Å². The summed E-state index contributed by atoms with van der Waals surface area (Å²) >= 11 is 0. The second-order valence-corrected chi connectivity index (χ2v) is 8.65. The molecule has 36 heavy (non-hydrogen) atoms. The Morgan fingerprint density at radius 1 is 0.611 bits per heavy atom. The summed E-state index contributed by atoms with van der Waals surface area (Å²) in [6.07, 6.45) is 1.26. The van der Waals surface area contributed by atoms with Gasteiger partial charge in [0, 0.05) is 18.4 Å². The van der Waals surface area contributed by atoms with Crippen molar-refractivity contribution in [3.05, 3.63) is 132 Å². The molecule has 0 saturated carbocycles. The predicted octanol–water partition coefficient (Wildman–Crippen LogP) is 6.53. The number of para-hydroxylation sites is 1. The third-order valence-corrected chi connectivity index (χ3v) is 5.87. The smallest absolute Gasteiger partial charge is 0.177 e. The van der Waals surface area contributed by atoms with Crippen LogP contribution < -0.4 is 9.47 Å². The second-order valence-electron chi connectivity index (χ2n) is 8.65. The number of hydrogen-bond acceptors (Lipinski definition) is 4. The van der Waals surface area contributed by atoms with Crippen molar-refractivity contribution < 1.29 is 19.1 Å². The molecule has 0 aliphatic heterocycles. The van der Waals surface area contributed by atoms with Crippen molar-refractivity contribution in [3.8, 4) is 11.5 Å². The molecule has 182 valence electrons. The number of benzene rings is 4. The lowest BCUT2D eigenvalue weighted by Gasteiger charge is -2.19. The third-order valence-electron chi connectivity index (χ3n) is 5.87. The van der Waals surface area contributed by atoms with E-state index in [9.17, 15) is 9.59 Å². The first-order valence-electron chi connectivity index (χ1n) is 12.3. The summed E-state index contributed by atoms with van der Waals surface area (Å²) in [5.41, 5.74) is 2.56. The Morgan fingerprint density at radius 3 is 1.78 bits per heavy atom. The number of Topliss-reactive ketones (excluding diaryl/α,β-unsaturated/α-hetero) is 2. The van der Waals surface area contributed by atoms with Crippen LogP contribution in [0.3, 0.4) is 0 Å². The van der Waals surface area contributed by atoms with E-state index in [0.29, 0.717) is 43.6 Å². The summed E-state index contributed by atoms with van der Waals surface area (Å²) in [6.45, 7) is 0.495. The van der Waals surface area contributed by atoms with Gasteiger partial charge in [0.2, 0.25) is 0 Å². The third kappa shape index (κ3) is 7.67. The topological polar surface area (TPSA) is 52.6 Å². The summed E-state index contributed by atoms with van der Waals surface area (Å²) in [5, 5.41) is 0. The highest BCUT2D eigenvalue weighted by atomic mass is 16.5. The standard InChI is InChI=1S/C32H30O4/c33-30(23-25-11-4-1-5-12-25)27-18-20-29(21-19-27)36-32(31(34)24-26-13-6-2-7-14-26)17-10-22-35-28-15-8-3-9-16-28/h1-9,11-16,18-21,32H,10,17,22-24H2. The van der Waals surface area contributed by atoms with Gasteiger partial charge in [-0.25, -0.2) is 0 Å². The molecule has 0 bridgehead atoms. The normalized spacial score (nSPS) is 11.4. The van der Waals surface area contributed by atoms with E-state index >= 15 is 0 Å². The number of carbonyl (C=O) groups is 2. The van der Waals surface area contributed by atoms with Crippen LogP contribution in [0.5, 0.6) is 11.5 Å². The molecule has 0 spiro atoms. The van der Waals surface area contributed by atoms with E-state index in [-0.39, 0.29) is 11.6 Å². The number of ketones is 2. The van der Waals surface area contributed by atoms with Gasteiger partial charge in [0.05, 0.1) is 6.61 Å². The molecule has 0 saturated heterocycles. The highest BCUT2D eigenvalue weighted by molar-refractivity contribution is 5.97. The molecule has 0 heterocycles. The summed E-state index contributed by atoms with van der Waals surface area (Å²) in [4.78, 5) is 25.8. The molecule has 4 aromatic carbocycles. The Kier molecular flexibility index (Phi) is 9.04. The number of ether oxygens (including phenoxy) is 2. The van der Waals surface area contributed by atoms with E-state index in [1.54, 1.807) is 24.3 Å². The first-order chi connectivity index (χ1) is 17.7. The van der Waals surface area contributed by atoms with Gasteiger partial charge < -0.3 is 9.47 Å². The summed E-state index contributed by atoms with van der Waals surface area (Å²) in [7, 11) is 0. The summed E-state index contributed by atoms with van der Waals surface area (Å²) in [6, 6.07) is 36.0. The Bertz CT molecular complexity index is 1220. The predicted molar refractivity (Wildman–Crippen MR) is 142 cm³/mol. The van der Waals surface area contributed by atoms with Crippen LogP contribution in [0.1, 0.15) is 34.3 Å². The Balaban J connectivity index is 1.38. The van der Waals surface area contributed by atoms with Crippen molar-refractivity contribution in [1.29, 1.82) is 0 Å². The molecule has 1 atom stereocenters. The van der Waals surface area contributed by atoms with Gasteiger partial charge in [-0.05, 0) is 60.4 Å². The van der Waals surface area contributed by atoms with Gasteiger partial charge in [-0.1, -0.05) is 78.9 Å². The van der Waals surface area contributed by atoms with Crippen LogP contribution in [0.4, 0.5) is 0 Å². The fourth-order valence-corrected chi connectivity index (χ4v) is 3.94. The minimum absolute atomic E-state index is 0.0186. The Hall–Kier alpha value is -4.18. The van der Waals surface area contributed by atoms with Crippen LogP contribution in [0.25, 0.3) is 0 Å². The lowest BCUT2D eigenvalue weighted by molar-refractivity contribution is -0.125. The van der Waals surface area contributed by atoms with E-state index in [1.807, 2.05) is 91.0 Å². The van der Waals surface area contributed by atoms with Crippen molar-refractivity contribution in [1.82, 2.24) is 0 Å². The fraction of sp³-hybridized carbons (Fsp3) is 0.188. The second kappa shape index (κ2) is 13.1. The highest BCUT2D eigenvalue weighted by Crippen LogP contribution is 2.19. The van der Waals surface area contributed by atoms with Gasteiger partial charge in [0.1, 0.15) is 11.5 Å². The van der Waals surface area contributed by atoms with Crippen LogP contribution in [0.15, 0.2) is 115 Å². The van der Waals surface area contributed by atoms with E-state index in [1.165, 1.54) is 0 Å². The molecule has 0 aromatic heterocycles. The zero-order valence-electron chi connectivity index (χ0n) is 20.2. The van der Waals surface area contributed by atoms with Crippen molar-refractivity contribution in [3.63, 3.8) is 0 Å². The molecule has 4 heteroatoms. The SMILES string of the molecule is O=C(Cc1ccccc1)c1ccc(OC(CCCOc2ccccc2)C(=O)Cc2ccccc2)cc1. The summed E-state index contributed by atoms with van der Waals surface area (Å²) in [5.74, 6) is 1.44. The zero-order valence-corrected chi connectivity index (χ0v) is 20.2. The number of carbonyl (C=O) groups excluding carboxylic acids is 2. The number of rotatable bonds is 13. The van der Waals surface area contributed by atoms with Gasteiger partial charge in [0.15, 0.2) is 17.7 Å². The molecule has 0 aliphatic carbocycles. The maximum Gasteiger partial charge on any atom is 0.177 e. The van der Waals surface area contributed by atoms with E-state index in [4.69, 9.17) is 9.47 Å². The van der Waals surface area contributed by atoms with Crippen LogP contribution in [-0.4, -0.2) is 24.3 Å². The van der Waals surface area contributed by atoms with Crippen molar-refractivity contribution >= 4 is 11.6 Å². The largest absolute Gasteiger partial charge is 0.494 e. The molecule has 0 aliphatic rings. The van der Waals surface area contributed by atoms with Crippen LogP contribution in [0, 0.1) is 0 Å². The van der Waals surface area contributed by atoms with Gasteiger partial charge in [-0.3, -0.25) is 9.59 Å². The molecule has 0 amide bonds. The highest BCUT2D eigenvalue weighted by Gasteiger charge is 2.21. The molecular formula is C32H30O4. The van der Waals surface area contributed by atoms with Gasteiger partial charge in [0.25, 0.3) is 0 Å². The molecule has 4 nitrogen and oxygen atoms in total. The maximum absolute atomic E-state index is 13.1. The van der Waals surface area contributed by atoms with Crippen molar-refractivity contribution in [2.75, 3.05) is 6.61 Å². The average molecular weight is 479 g/mol. The molecule has 1 unspecified atom stereocenters. The van der Waals surface area contributed by atoms with E-state index in [2.05, 4.69) is 0 Å². The molecule has 0 N–H and O–H groups in total. The van der Waals surface area contributed by atoms with Crippen molar-refractivity contribution in [2.24, 2.45) is 0 Å². The number of hydrogen-bond donors (Lipinski definition) is 0. The molecule has 4 aromatic rings. The maximum atomic E-state index is 13.1. The van der Waals surface area contributed by atoms with Gasteiger partial charge in [-0.2, -0.15) is 0 Å². The molecular weight excluding hydrogens is 448 g/mol. The van der Waals surface area contributed by atoms with Gasteiger partial charge in [-0.15, -0.1) is 0 Å². The first-order valence-corrected chi connectivity index (χ1v) is 12.3. The molecule has 4 rings (SSSR count). The monoisotopic (exact) mass is 478 g/mol.